The van der Waals surface area contributed by atoms with Crippen molar-refractivity contribution in [2.24, 2.45) is 0 Å². The quantitative estimate of drug-likeness (QED) is 0.873. The van der Waals surface area contributed by atoms with Gasteiger partial charge in [0.2, 0.25) is 5.91 Å². The lowest BCUT2D eigenvalue weighted by Crippen LogP contribution is -2.52. The van der Waals surface area contributed by atoms with Gasteiger partial charge in [0.05, 0.1) is 29.3 Å². The van der Waals surface area contributed by atoms with Crippen LogP contribution in [0.1, 0.15) is 18.3 Å². The maximum atomic E-state index is 12.5. The summed E-state index contributed by atoms with van der Waals surface area (Å²) in [5.74, 6) is 0.0163. The van der Waals surface area contributed by atoms with Crippen molar-refractivity contribution in [1.29, 1.82) is 0 Å². The molecule has 0 saturated carbocycles. The molecule has 1 atom stereocenters. The normalized spacial score (nSPS) is 17.8. The van der Waals surface area contributed by atoms with Gasteiger partial charge in [0.1, 0.15) is 0 Å². The minimum atomic E-state index is 0. The van der Waals surface area contributed by atoms with Crippen LogP contribution in [0.5, 0.6) is 0 Å². The van der Waals surface area contributed by atoms with E-state index in [9.17, 15) is 4.79 Å². The lowest BCUT2D eigenvalue weighted by atomic mass is 10.2. The van der Waals surface area contributed by atoms with Crippen LogP contribution in [-0.2, 0) is 4.79 Å². The van der Waals surface area contributed by atoms with E-state index < -0.39 is 0 Å². The Balaban J connectivity index is 0.00000225. The molecule has 0 spiro atoms. The second-order valence-electron chi connectivity index (χ2n) is 6.36. The van der Waals surface area contributed by atoms with Gasteiger partial charge in [-0.1, -0.05) is 18.2 Å². The highest BCUT2D eigenvalue weighted by molar-refractivity contribution is 5.93. The van der Waals surface area contributed by atoms with Gasteiger partial charge in [-0.05, 0) is 32.9 Å². The Kier molecular flexibility index (Phi) is 6.58. The summed E-state index contributed by atoms with van der Waals surface area (Å²) in [6.45, 7) is 9.22. The molecule has 0 aliphatic carbocycles. The molecule has 136 valence electrons. The Morgan fingerprint density at radius 2 is 2.04 bits per heavy atom. The van der Waals surface area contributed by atoms with Crippen LogP contribution < -0.4 is 10.6 Å². The third-order valence-corrected chi connectivity index (χ3v) is 4.54. The SMILES string of the molecule is Cc1nn(-c2ccccc2)c(C)c1NC(=O)CN1CCNC[C@H]1C.Cl. The molecule has 0 unspecified atom stereocenters. The van der Waals surface area contributed by atoms with Crippen molar-refractivity contribution in [2.75, 3.05) is 31.5 Å². The lowest BCUT2D eigenvalue weighted by Gasteiger charge is -2.33. The van der Waals surface area contributed by atoms with E-state index in [2.05, 4.69) is 27.6 Å². The zero-order valence-electron chi connectivity index (χ0n) is 15.0. The zero-order valence-corrected chi connectivity index (χ0v) is 15.8. The van der Waals surface area contributed by atoms with Crippen molar-refractivity contribution in [3.05, 3.63) is 41.7 Å². The number of aromatic nitrogens is 2. The number of carbonyl (C=O) groups is 1. The molecular formula is C18H26ClN5O. The molecule has 1 fully saturated rings. The first-order valence-corrected chi connectivity index (χ1v) is 8.42. The van der Waals surface area contributed by atoms with Crippen molar-refractivity contribution >= 4 is 24.0 Å². The van der Waals surface area contributed by atoms with Crippen LogP contribution >= 0.6 is 12.4 Å². The number of para-hydroxylation sites is 1. The van der Waals surface area contributed by atoms with E-state index in [0.717, 1.165) is 42.4 Å². The summed E-state index contributed by atoms with van der Waals surface area (Å²) < 4.78 is 1.87. The number of nitrogens with one attached hydrogen (secondary N) is 2. The molecular weight excluding hydrogens is 338 g/mol. The molecule has 0 bridgehead atoms. The third-order valence-electron chi connectivity index (χ3n) is 4.54. The van der Waals surface area contributed by atoms with Crippen molar-refractivity contribution in [2.45, 2.75) is 26.8 Å². The van der Waals surface area contributed by atoms with Gasteiger partial charge >= 0.3 is 0 Å². The molecule has 1 aromatic carbocycles. The molecule has 1 aliphatic rings. The molecule has 2 aromatic rings. The van der Waals surface area contributed by atoms with Crippen molar-refractivity contribution in [1.82, 2.24) is 20.0 Å². The van der Waals surface area contributed by atoms with Crippen LogP contribution in [0.25, 0.3) is 5.69 Å². The minimum absolute atomic E-state index is 0. The summed E-state index contributed by atoms with van der Waals surface area (Å²) in [7, 11) is 0. The summed E-state index contributed by atoms with van der Waals surface area (Å²) in [5.41, 5.74) is 3.58. The maximum Gasteiger partial charge on any atom is 0.238 e. The highest BCUT2D eigenvalue weighted by Gasteiger charge is 2.22. The highest BCUT2D eigenvalue weighted by atomic mass is 35.5. The standard InChI is InChI=1S/C18H25N5O.ClH/c1-13-11-19-9-10-22(13)12-17(24)20-18-14(2)21-23(15(18)3)16-7-5-4-6-8-16;/h4-8,13,19H,9-12H2,1-3H3,(H,20,24);1H/t13-;/m1./s1. The lowest BCUT2D eigenvalue weighted by molar-refractivity contribution is -0.118. The van der Waals surface area contributed by atoms with Crippen LogP contribution in [0.2, 0.25) is 0 Å². The molecule has 2 heterocycles. The summed E-state index contributed by atoms with van der Waals surface area (Å²) >= 11 is 0. The molecule has 25 heavy (non-hydrogen) atoms. The second kappa shape index (κ2) is 8.47. The van der Waals surface area contributed by atoms with Crippen molar-refractivity contribution in [3.63, 3.8) is 0 Å². The first-order chi connectivity index (χ1) is 11.6. The molecule has 2 N–H and O–H groups in total. The Morgan fingerprint density at radius 1 is 1.32 bits per heavy atom. The first-order valence-electron chi connectivity index (χ1n) is 8.42. The Morgan fingerprint density at radius 3 is 2.72 bits per heavy atom. The number of benzene rings is 1. The molecule has 7 heteroatoms. The number of nitrogens with zero attached hydrogens (tertiary/aromatic N) is 3. The van der Waals surface area contributed by atoms with E-state index in [1.54, 1.807) is 0 Å². The van der Waals surface area contributed by atoms with E-state index >= 15 is 0 Å². The summed E-state index contributed by atoms with van der Waals surface area (Å²) in [6.07, 6.45) is 0. The Hall–Kier alpha value is -1.89. The van der Waals surface area contributed by atoms with Crippen molar-refractivity contribution < 1.29 is 4.79 Å². The number of rotatable bonds is 4. The van der Waals surface area contributed by atoms with Crippen LogP contribution in [0.3, 0.4) is 0 Å². The number of anilines is 1. The Bertz CT molecular complexity index is 716. The predicted molar refractivity (Wildman–Crippen MR) is 103 cm³/mol. The van der Waals surface area contributed by atoms with Gasteiger partial charge in [-0.25, -0.2) is 4.68 Å². The zero-order chi connectivity index (χ0) is 17.1. The van der Waals surface area contributed by atoms with E-state index in [1.165, 1.54) is 0 Å². The summed E-state index contributed by atoms with van der Waals surface area (Å²) in [4.78, 5) is 14.7. The van der Waals surface area contributed by atoms with Gasteiger partial charge in [0.15, 0.2) is 0 Å². The molecule has 6 nitrogen and oxygen atoms in total. The van der Waals surface area contributed by atoms with Gasteiger partial charge in [-0.2, -0.15) is 5.10 Å². The molecule has 3 rings (SSSR count). The van der Waals surface area contributed by atoms with Crippen LogP contribution in [0.15, 0.2) is 30.3 Å². The first kappa shape index (κ1) is 19.4. The number of halogens is 1. The fourth-order valence-electron chi connectivity index (χ4n) is 3.13. The van der Waals surface area contributed by atoms with E-state index in [1.807, 2.05) is 48.9 Å². The van der Waals surface area contributed by atoms with Crippen molar-refractivity contribution in [3.8, 4) is 5.69 Å². The molecule has 0 radical (unpaired) electrons. The third kappa shape index (κ3) is 4.39. The number of amides is 1. The molecule has 1 aliphatic heterocycles. The number of aryl methyl sites for hydroxylation is 1. The summed E-state index contributed by atoms with van der Waals surface area (Å²) in [6, 6.07) is 10.3. The van der Waals surface area contributed by atoms with Crippen LogP contribution in [-0.4, -0.2) is 52.8 Å². The molecule has 1 aromatic heterocycles. The second-order valence-corrected chi connectivity index (χ2v) is 6.36. The number of carbonyl (C=O) groups excluding carboxylic acids is 1. The Labute approximate surface area is 155 Å². The van der Waals surface area contributed by atoms with Gasteiger partial charge in [-0.15, -0.1) is 12.4 Å². The minimum Gasteiger partial charge on any atom is -0.322 e. The molecule has 1 amide bonds. The van der Waals surface area contributed by atoms with Gasteiger partial charge in [0.25, 0.3) is 0 Å². The average Bonchev–Trinajstić information content (AvgIpc) is 2.86. The van der Waals surface area contributed by atoms with Gasteiger partial charge in [0, 0.05) is 25.7 Å². The van der Waals surface area contributed by atoms with E-state index in [-0.39, 0.29) is 18.3 Å². The summed E-state index contributed by atoms with van der Waals surface area (Å²) in [5, 5.41) is 11.0. The number of piperazine rings is 1. The maximum absolute atomic E-state index is 12.5. The van der Waals surface area contributed by atoms with Gasteiger partial charge < -0.3 is 10.6 Å². The number of hydrogen-bond donors (Lipinski definition) is 2. The van der Waals surface area contributed by atoms with Crippen LogP contribution in [0.4, 0.5) is 5.69 Å². The average molecular weight is 364 g/mol. The van der Waals surface area contributed by atoms with E-state index in [4.69, 9.17) is 0 Å². The number of hydrogen-bond acceptors (Lipinski definition) is 4. The van der Waals surface area contributed by atoms with E-state index in [0.29, 0.717) is 12.6 Å². The van der Waals surface area contributed by atoms with Crippen LogP contribution in [0, 0.1) is 13.8 Å². The highest BCUT2D eigenvalue weighted by Crippen LogP contribution is 2.22. The smallest absolute Gasteiger partial charge is 0.238 e. The fraction of sp³-hybridized carbons (Fsp3) is 0.444. The predicted octanol–water partition coefficient (Wildman–Crippen LogP) is 2.14. The monoisotopic (exact) mass is 363 g/mol. The topological polar surface area (TPSA) is 62.2 Å². The fourth-order valence-corrected chi connectivity index (χ4v) is 3.13. The molecule has 1 saturated heterocycles. The largest absolute Gasteiger partial charge is 0.322 e. The van der Waals surface area contributed by atoms with Gasteiger partial charge in [-0.3, -0.25) is 9.69 Å².